The number of aryl methyl sites for hydroxylation is 9. The predicted octanol–water partition coefficient (Wildman–Crippen LogP) is 21.3. The number of aromatic amines is 1. The van der Waals surface area contributed by atoms with Gasteiger partial charge < -0.3 is 38.6 Å². The Hall–Kier alpha value is -6.83. The molecule has 0 aliphatic carbocycles. The fourth-order valence-corrected chi connectivity index (χ4v) is 8.44. The molecule has 11 rings (SSSR count). The van der Waals surface area contributed by atoms with Crippen LogP contribution in [0, 0.1) is 74.1 Å². The van der Waals surface area contributed by atoms with E-state index in [0.717, 1.165) is 87.6 Å². The van der Waals surface area contributed by atoms with Gasteiger partial charge in [0.1, 0.15) is 71.9 Å². The molecule has 13 heteroatoms. The van der Waals surface area contributed by atoms with Crippen LogP contribution in [0.15, 0.2) is 121 Å². The second-order valence-electron chi connectivity index (χ2n) is 23.5. The molecule has 3 atom stereocenters. The lowest BCUT2D eigenvalue weighted by molar-refractivity contribution is 0.262. The second-order valence-corrected chi connectivity index (χ2v) is 23.8. The van der Waals surface area contributed by atoms with Gasteiger partial charge in [-0.15, -0.1) is 5.10 Å². The van der Waals surface area contributed by atoms with Crippen molar-refractivity contribution in [3.8, 4) is 40.1 Å². The number of nitrogens with one attached hydrogen (secondary N) is 1. The molecule has 0 amide bonds. The van der Waals surface area contributed by atoms with Crippen molar-refractivity contribution in [1.82, 2.24) is 19.8 Å². The summed E-state index contributed by atoms with van der Waals surface area (Å²) in [5, 5.41) is 29.1. The topological polar surface area (TPSA) is 152 Å². The zero-order valence-corrected chi connectivity index (χ0v) is 56.4. The minimum Gasteiger partial charge on any atom is -0.507 e. The molecule has 91 heavy (non-hydrogen) atoms. The summed E-state index contributed by atoms with van der Waals surface area (Å²) >= 11 is 6.11. The van der Waals surface area contributed by atoms with Gasteiger partial charge in [-0.2, -0.15) is 4.63 Å². The van der Waals surface area contributed by atoms with E-state index in [2.05, 4.69) is 84.4 Å². The molecule has 5 heterocycles. The Morgan fingerprint density at radius 1 is 0.527 bits per heavy atom. The number of epoxide rings is 3. The molecular weight excluding hydrogens is 1160 g/mol. The lowest BCUT2D eigenvalue weighted by atomic mass is 9.79. The minimum atomic E-state index is -0.0304. The molecule has 8 aromatic rings. The Labute approximate surface area is 556 Å². The van der Waals surface area contributed by atoms with Crippen LogP contribution >= 0.6 is 11.6 Å². The third-order valence-electron chi connectivity index (χ3n) is 14.1. The molecule has 0 saturated carbocycles. The minimum absolute atomic E-state index is 0. The summed E-state index contributed by atoms with van der Waals surface area (Å²) in [7, 11) is 0. The monoisotopic (exact) mass is 1270 g/mol. The SMILES string of the molecule is C.C.C.C.CCC.CCC(C)C.CCCC.Cc1cc(C)c(O)c(C(c2cc(C)cc(C)c2O)C(C)C)c1.Cc1ccc(-c2nc3c(Cl)c(C)[nH]n3n2)cc1.Cc1ccccc1OCC1CO1.Cc1ccccc1OCC1CO1.Cc1ccccc1OCC1CO1. The molecule has 506 valence electrons. The van der Waals surface area contributed by atoms with Gasteiger partial charge in [0, 0.05) is 22.6 Å². The van der Waals surface area contributed by atoms with Gasteiger partial charge in [-0.05, 0) is 120 Å². The Morgan fingerprint density at radius 2 is 0.868 bits per heavy atom. The van der Waals surface area contributed by atoms with Crippen LogP contribution in [0.3, 0.4) is 0 Å². The van der Waals surface area contributed by atoms with E-state index in [-0.39, 0.29) is 41.5 Å². The van der Waals surface area contributed by atoms with Crippen molar-refractivity contribution in [2.24, 2.45) is 11.8 Å². The molecule has 3 saturated heterocycles. The largest absolute Gasteiger partial charge is 0.507 e. The van der Waals surface area contributed by atoms with E-state index in [4.69, 9.17) is 40.0 Å². The Kier molecular flexibility index (Phi) is 40.6. The molecule has 3 unspecified atom stereocenters. The smallest absolute Gasteiger partial charge is 0.194 e. The van der Waals surface area contributed by atoms with E-state index in [1.54, 1.807) is 4.63 Å². The van der Waals surface area contributed by atoms with Crippen LogP contribution in [0.2, 0.25) is 5.02 Å². The summed E-state index contributed by atoms with van der Waals surface area (Å²) in [5.41, 5.74) is 13.1. The number of fused-ring (bicyclic) bond motifs is 1. The number of aromatic hydroxyl groups is 2. The summed E-state index contributed by atoms with van der Waals surface area (Å²) in [6.07, 6.45) is 6.21. The number of aromatic nitrogens is 4. The van der Waals surface area contributed by atoms with Crippen molar-refractivity contribution in [2.75, 3.05) is 39.6 Å². The maximum absolute atomic E-state index is 10.6. The van der Waals surface area contributed by atoms with E-state index in [9.17, 15) is 10.2 Å². The number of para-hydroxylation sites is 3. The van der Waals surface area contributed by atoms with E-state index in [0.29, 0.717) is 66.1 Å². The van der Waals surface area contributed by atoms with Gasteiger partial charge in [0.05, 0.1) is 25.5 Å². The zero-order chi connectivity index (χ0) is 64.2. The first-order chi connectivity index (χ1) is 41.5. The number of H-pyrrole nitrogens is 1. The van der Waals surface area contributed by atoms with Crippen molar-refractivity contribution in [3.63, 3.8) is 0 Å². The van der Waals surface area contributed by atoms with Crippen molar-refractivity contribution in [1.29, 1.82) is 0 Å². The molecule has 2 aromatic heterocycles. The third kappa shape index (κ3) is 30.0. The molecule has 3 aliphatic heterocycles. The van der Waals surface area contributed by atoms with Crippen LogP contribution in [0.1, 0.15) is 185 Å². The number of rotatable bonds is 15. The number of benzene rings is 6. The van der Waals surface area contributed by atoms with Crippen LogP contribution in [0.25, 0.3) is 17.0 Å². The predicted molar refractivity (Wildman–Crippen MR) is 387 cm³/mol. The van der Waals surface area contributed by atoms with Gasteiger partial charge in [-0.25, -0.2) is 4.98 Å². The van der Waals surface area contributed by atoms with Crippen molar-refractivity contribution < 1.29 is 38.6 Å². The summed E-state index contributed by atoms with van der Waals surface area (Å²) in [6, 6.07) is 40.2. The first-order valence-electron chi connectivity index (χ1n) is 31.2. The molecule has 6 aromatic carbocycles. The summed E-state index contributed by atoms with van der Waals surface area (Å²) in [5.74, 6) is 5.37. The standard InChI is InChI=1S/C20H26O2.C12H11ClN4.3C10H12O2.C5H12.C4H10.C3H8.4CH4/c1-11(2)18(16-9-12(3)7-14(5)19(16)21)17-10-13(4)8-15(6)20(17)22;1-7-3-5-9(6-4-7)11-14-12-10(13)8(2)15-17(12)16-11;3*1-8-4-2-3-5-10(8)12-7-9-6-11-9;1-4-5(2)3;1-3-4-2;1-3-2;;;;/h7-11,18,21-22H,1-6H3;3-6,15H,1-2H3;3*2-5,9H,6-7H2,1H3;5H,4H2,1-3H3;3-4H2,1-2H3;3H2,1-2H3;4*1H4. The van der Waals surface area contributed by atoms with Gasteiger partial charge >= 0.3 is 0 Å². The van der Waals surface area contributed by atoms with Crippen LogP contribution in [-0.2, 0) is 14.2 Å². The Balaban J connectivity index is 0.00000107. The second kappa shape index (κ2) is 43.8. The summed E-state index contributed by atoms with van der Waals surface area (Å²) < 4.78 is 33.3. The first kappa shape index (κ1) is 84.2. The first-order valence-corrected chi connectivity index (χ1v) is 31.6. The summed E-state index contributed by atoms with van der Waals surface area (Å²) in [6.45, 7) is 42.1. The number of phenolic OH excluding ortho intramolecular Hbond substituents is 2. The van der Waals surface area contributed by atoms with Gasteiger partial charge in [-0.1, -0.05) is 249 Å². The molecular formula is C78H119ClN4O8. The van der Waals surface area contributed by atoms with Crippen LogP contribution < -0.4 is 14.2 Å². The lowest BCUT2D eigenvalue weighted by Crippen LogP contribution is -2.11. The number of hydrogen-bond donors (Lipinski definition) is 3. The number of ether oxygens (including phenoxy) is 6. The highest BCUT2D eigenvalue weighted by Crippen LogP contribution is 2.43. The number of unbranched alkanes of at least 4 members (excludes halogenated alkanes) is 1. The molecule has 0 spiro atoms. The van der Waals surface area contributed by atoms with E-state index >= 15 is 0 Å². The average molecular weight is 1280 g/mol. The third-order valence-corrected chi connectivity index (χ3v) is 14.5. The average Bonchev–Trinajstić information content (AvgIpc) is 1.67. The van der Waals surface area contributed by atoms with Gasteiger partial charge in [0.25, 0.3) is 0 Å². The number of halogens is 1. The molecule has 12 nitrogen and oxygen atoms in total. The van der Waals surface area contributed by atoms with Gasteiger partial charge in [0.15, 0.2) is 11.5 Å². The molecule has 3 aliphatic rings. The molecule has 3 fully saturated rings. The van der Waals surface area contributed by atoms with Crippen molar-refractivity contribution >= 4 is 17.2 Å². The van der Waals surface area contributed by atoms with Crippen LogP contribution in [0.4, 0.5) is 0 Å². The van der Waals surface area contributed by atoms with Crippen LogP contribution in [0.5, 0.6) is 28.7 Å². The Morgan fingerprint density at radius 3 is 1.15 bits per heavy atom. The maximum atomic E-state index is 10.6. The summed E-state index contributed by atoms with van der Waals surface area (Å²) in [4.78, 5) is 4.42. The lowest BCUT2D eigenvalue weighted by Gasteiger charge is -2.26. The quantitative estimate of drug-likeness (QED) is 0.0846. The number of hydrogen-bond acceptors (Lipinski definition) is 10. The number of nitrogens with zero attached hydrogens (tertiary/aromatic N) is 3. The fraction of sp³-hybridized carbons (Fsp3) is 0.487. The fourth-order valence-electron chi connectivity index (χ4n) is 8.27. The van der Waals surface area contributed by atoms with E-state index in [1.807, 2.05) is 177 Å². The van der Waals surface area contributed by atoms with E-state index in [1.165, 1.54) is 47.9 Å². The van der Waals surface area contributed by atoms with Crippen LogP contribution in [-0.4, -0.2) is 88.0 Å². The highest BCUT2D eigenvalue weighted by molar-refractivity contribution is 6.34. The maximum Gasteiger partial charge on any atom is 0.194 e. The van der Waals surface area contributed by atoms with E-state index < -0.39 is 0 Å². The normalized spacial score (nSPS) is 14.1. The molecule has 3 N–H and O–H groups in total. The highest BCUT2D eigenvalue weighted by Gasteiger charge is 2.27. The number of phenols is 2. The van der Waals surface area contributed by atoms with Gasteiger partial charge in [-0.3, -0.25) is 5.10 Å². The highest BCUT2D eigenvalue weighted by atomic mass is 35.5. The molecule has 0 radical (unpaired) electrons. The zero-order valence-electron chi connectivity index (χ0n) is 55.6. The van der Waals surface area contributed by atoms with Gasteiger partial charge in [0.2, 0.25) is 0 Å². The van der Waals surface area contributed by atoms with Crippen molar-refractivity contribution in [2.45, 2.75) is 204 Å². The van der Waals surface area contributed by atoms with Crippen molar-refractivity contribution in [3.05, 3.63) is 188 Å². The molecule has 0 bridgehead atoms. The Bertz CT molecular complexity index is 3050.